The second-order valence-electron chi connectivity index (χ2n) is 8.39. The Morgan fingerprint density at radius 1 is 1.18 bits per heavy atom. The van der Waals surface area contributed by atoms with Gasteiger partial charge in [0.2, 0.25) is 0 Å². The van der Waals surface area contributed by atoms with E-state index in [4.69, 9.17) is 19.5 Å². The van der Waals surface area contributed by atoms with Crippen LogP contribution in [0.4, 0.5) is 10.2 Å². The van der Waals surface area contributed by atoms with Crippen LogP contribution < -0.4 is 30.3 Å². The molecule has 0 spiro atoms. The maximum Gasteiger partial charge on any atom is 0.498 e. The van der Waals surface area contributed by atoms with E-state index >= 15 is 0 Å². The maximum atomic E-state index is 15.0. The van der Waals surface area contributed by atoms with E-state index in [0.717, 1.165) is 16.3 Å². The van der Waals surface area contributed by atoms with Crippen molar-refractivity contribution in [1.29, 1.82) is 0 Å². The van der Waals surface area contributed by atoms with Gasteiger partial charge in [-0.3, -0.25) is 4.52 Å². The minimum Gasteiger partial charge on any atom is -0.425 e. The van der Waals surface area contributed by atoms with Crippen LogP contribution in [0.1, 0.15) is 12.3 Å². The van der Waals surface area contributed by atoms with Crippen molar-refractivity contribution in [2.45, 2.75) is 35.9 Å². The monoisotopic (exact) mass is 565 g/mol. The van der Waals surface area contributed by atoms with Crippen LogP contribution >= 0.6 is 19.5 Å². The number of nitrogens with one attached hydrogen (secondary N) is 2. The molecule has 1 fully saturated rings. The number of carbonyl (C=O) groups excluding carboxylic acids is 1. The number of aromatic amines is 1. The normalized spacial score (nSPS) is 23.3. The Bertz CT molecular complexity index is 1350. The topological polar surface area (TPSA) is 157 Å². The van der Waals surface area contributed by atoms with Crippen LogP contribution in [0.5, 0.6) is 11.5 Å². The van der Waals surface area contributed by atoms with Crippen molar-refractivity contribution in [2.75, 3.05) is 12.3 Å². The summed E-state index contributed by atoms with van der Waals surface area (Å²) in [6.45, 7) is 1.00. The molecule has 4 rings (SSSR count). The molecule has 5 N–H and O–H groups in total. The Balaban J connectivity index is 1.47. The molecule has 0 aliphatic carbocycles. The lowest BCUT2D eigenvalue weighted by Gasteiger charge is -2.24. The molecule has 1 aliphatic rings. The van der Waals surface area contributed by atoms with Gasteiger partial charge < -0.3 is 20.1 Å². The molecule has 202 valence electrons. The first-order valence-corrected chi connectivity index (χ1v) is 14.0. The molecule has 1 aliphatic heterocycles. The van der Waals surface area contributed by atoms with E-state index in [1.807, 2.05) is 0 Å². The van der Waals surface area contributed by atoms with E-state index in [9.17, 15) is 23.7 Å². The van der Waals surface area contributed by atoms with Crippen LogP contribution in [0.15, 0.2) is 77.7 Å². The third kappa shape index (κ3) is 6.80. The molecule has 14 heteroatoms. The molecule has 6 atom stereocenters. The first kappa shape index (κ1) is 27.8. The van der Waals surface area contributed by atoms with Crippen molar-refractivity contribution >= 4 is 31.3 Å². The highest BCUT2D eigenvalue weighted by Gasteiger charge is 2.49. The maximum absolute atomic E-state index is 15.0. The van der Waals surface area contributed by atoms with Gasteiger partial charge >= 0.3 is 19.4 Å². The summed E-state index contributed by atoms with van der Waals surface area (Å²) >= 11 is 0.930. The number of benzene rings is 2. The quantitative estimate of drug-likeness (QED) is 0.125. The molecule has 6 unspecified atom stereocenters. The number of rotatable bonds is 10. The molecule has 1 saturated heterocycles. The lowest BCUT2D eigenvalue weighted by molar-refractivity contribution is -0.721. The van der Waals surface area contributed by atoms with Gasteiger partial charge in [-0.2, -0.15) is 19.4 Å². The molecule has 0 saturated carbocycles. The van der Waals surface area contributed by atoms with Gasteiger partial charge in [-0.1, -0.05) is 36.4 Å². The Morgan fingerprint density at radius 3 is 2.45 bits per heavy atom. The number of para-hydroxylation sites is 2. The number of carbonyl (C=O) groups is 1. The number of aliphatic hydroxyl groups excluding tert-OH is 1. The molecule has 3 aromatic rings. The highest BCUT2D eigenvalue weighted by atomic mass is 32.2. The van der Waals surface area contributed by atoms with E-state index in [-0.39, 0.29) is 11.6 Å². The number of nitrogen functional groups attached to an aromatic ring is 1. The van der Waals surface area contributed by atoms with E-state index in [1.165, 1.54) is 19.2 Å². The number of nitrogens with zero attached hydrogens (tertiary/aromatic N) is 1. The first-order valence-electron chi connectivity index (χ1n) is 11.6. The van der Waals surface area contributed by atoms with Gasteiger partial charge in [-0.05, 0) is 31.2 Å². The number of thioether (sulfide) groups is 1. The number of hydrogen-bond acceptors (Lipinski definition) is 9. The third-order valence-electron chi connectivity index (χ3n) is 5.51. The van der Waals surface area contributed by atoms with Crippen LogP contribution in [0.3, 0.4) is 0 Å². The number of alkyl halides is 1. The molecule has 38 heavy (non-hydrogen) atoms. The predicted octanol–water partition coefficient (Wildman–Crippen LogP) is 2.34. The highest BCUT2D eigenvalue weighted by molar-refractivity contribution is 8.00. The summed E-state index contributed by atoms with van der Waals surface area (Å²) in [4.78, 5) is 27.2. The largest absolute Gasteiger partial charge is 0.498 e. The van der Waals surface area contributed by atoms with Crippen molar-refractivity contribution in [3.8, 4) is 11.5 Å². The van der Waals surface area contributed by atoms with E-state index in [0.29, 0.717) is 5.75 Å². The average Bonchev–Trinajstić information content (AvgIpc) is 3.17. The zero-order valence-electron chi connectivity index (χ0n) is 20.2. The van der Waals surface area contributed by atoms with Gasteiger partial charge in [0.1, 0.15) is 29.8 Å². The number of H-pyrrole nitrogens is 1. The summed E-state index contributed by atoms with van der Waals surface area (Å²) in [5.41, 5.74) is 4.91. The predicted molar refractivity (Wildman–Crippen MR) is 138 cm³/mol. The number of hydrogen-bond donors (Lipinski definition) is 4. The van der Waals surface area contributed by atoms with Crippen LogP contribution in [0.25, 0.3) is 0 Å². The van der Waals surface area contributed by atoms with Gasteiger partial charge in [-0.15, -0.1) is 11.8 Å². The van der Waals surface area contributed by atoms with Crippen LogP contribution in [-0.2, 0) is 13.9 Å². The van der Waals surface area contributed by atoms with Crippen LogP contribution in [0.2, 0.25) is 0 Å². The lowest BCUT2D eigenvalue weighted by Crippen LogP contribution is -2.55. The Kier molecular flexibility index (Phi) is 8.85. The van der Waals surface area contributed by atoms with Gasteiger partial charge in [0.15, 0.2) is 17.4 Å². The summed E-state index contributed by atoms with van der Waals surface area (Å²) in [5.74, 6) is -0.145. The summed E-state index contributed by atoms with van der Waals surface area (Å²) in [7, 11) is -4.25. The zero-order chi connectivity index (χ0) is 27.3. The second-order valence-corrected chi connectivity index (χ2v) is 11.4. The van der Waals surface area contributed by atoms with Crippen molar-refractivity contribution in [2.24, 2.45) is 0 Å². The molecule has 11 nitrogen and oxygen atoms in total. The fourth-order valence-corrected chi connectivity index (χ4v) is 6.63. The molecular formula is C24H27FN4O7PS+. The molecule has 0 bridgehead atoms. The molecule has 0 radical (unpaired) electrons. The number of aromatic nitrogens is 2. The summed E-state index contributed by atoms with van der Waals surface area (Å²) in [5, 5.41) is 11.1. The summed E-state index contributed by atoms with van der Waals surface area (Å²) < 4.78 is 46.3. The lowest BCUT2D eigenvalue weighted by atomic mass is 10.1. The van der Waals surface area contributed by atoms with E-state index in [1.54, 1.807) is 60.7 Å². The molecule has 2 heterocycles. The molecular weight excluding hydrogens is 538 g/mol. The number of ether oxygens (including phenoxy) is 1. The number of anilines is 1. The van der Waals surface area contributed by atoms with Crippen molar-refractivity contribution in [3.63, 3.8) is 0 Å². The molecule has 0 amide bonds. The Hall–Kier alpha value is -3.22. The minimum atomic E-state index is -4.25. The van der Waals surface area contributed by atoms with Gasteiger partial charge in [0.05, 0.1) is 11.9 Å². The van der Waals surface area contributed by atoms with Gasteiger partial charge in [0.25, 0.3) is 0 Å². The number of nitrogens with two attached hydrogens (primary N) is 1. The SMILES string of the molecule is CC(NP(=O)(OCC1SC([n+]2ccc(N)[nH]c2=O)C(F)C1O)Oc1ccccc1)C(=O)Oc1ccccc1. The van der Waals surface area contributed by atoms with Crippen LogP contribution in [0, 0.1) is 0 Å². The summed E-state index contributed by atoms with van der Waals surface area (Å²) in [6.07, 6.45) is -2.05. The van der Waals surface area contributed by atoms with Gasteiger partial charge in [-0.25, -0.2) is 13.8 Å². The number of esters is 1. The highest BCUT2D eigenvalue weighted by Crippen LogP contribution is 2.48. The smallest absolute Gasteiger partial charge is 0.425 e. The third-order valence-corrected chi connectivity index (χ3v) is 8.69. The van der Waals surface area contributed by atoms with Crippen molar-refractivity contribution < 1.29 is 37.2 Å². The fraction of sp³-hybridized carbons (Fsp3) is 0.292. The second kappa shape index (κ2) is 12.1. The summed E-state index contributed by atoms with van der Waals surface area (Å²) in [6, 6.07) is 16.7. The van der Waals surface area contributed by atoms with E-state index < -0.39 is 55.0 Å². The van der Waals surface area contributed by atoms with Crippen LogP contribution in [-0.4, -0.2) is 46.2 Å². The number of aliphatic hydroxyl groups is 1. The fourth-order valence-electron chi connectivity index (χ4n) is 3.59. The standard InChI is InChI=1S/C24H26FN4O7PS/c1-15(23(31)35-16-8-4-2-5-9-16)28-37(33,36-17-10-6-3-7-11-17)34-14-18-21(30)20(25)22(38-18)29-13-12-19(26)27-24(29)32/h2-13,15,18,20-22,30H,14H2,1H3,(H3,26,27,28,32,33)/p+1. The Morgan fingerprint density at radius 2 is 1.82 bits per heavy atom. The van der Waals surface area contributed by atoms with Gasteiger partial charge in [0, 0.05) is 6.07 Å². The first-order chi connectivity index (χ1) is 18.1. The van der Waals surface area contributed by atoms with Crippen molar-refractivity contribution in [3.05, 3.63) is 83.4 Å². The zero-order valence-corrected chi connectivity index (χ0v) is 21.9. The molecule has 2 aromatic carbocycles. The van der Waals surface area contributed by atoms with Crippen molar-refractivity contribution in [1.82, 2.24) is 10.1 Å². The Labute approximate surface area is 221 Å². The average molecular weight is 566 g/mol. The number of halogens is 1. The van der Waals surface area contributed by atoms with E-state index in [2.05, 4.69) is 10.1 Å². The molecule has 1 aromatic heterocycles. The minimum absolute atomic E-state index is 0.107.